The molecule has 0 bridgehead atoms. The highest BCUT2D eigenvalue weighted by Crippen LogP contribution is 2.25. The predicted molar refractivity (Wildman–Crippen MR) is 79.7 cm³/mol. The number of nitrogens with zero attached hydrogens (tertiary/aromatic N) is 3. The molecule has 0 N–H and O–H groups in total. The Hall–Kier alpha value is -2.22. The number of ether oxygens (including phenoxy) is 1. The van der Waals surface area contributed by atoms with Gasteiger partial charge in [0.2, 0.25) is 0 Å². The van der Waals surface area contributed by atoms with Crippen LogP contribution in [0, 0.1) is 0 Å². The van der Waals surface area contributed by atoms with Gasteiger partial charge in [-0.05, 0) is 17.7 Å². The minimum absolute atomic E-state index is 0.00676. The molecule has 9 heteroatoms. The van der Waals surface area contributed by atoms with Gasteiger partial charge >= 0.3 is 6.36 Å². The van der Waals surface area contributed by atoms with E-state index < -0.39 is 11.9 Å². The highest BCUT2D eigenvalue weighted by Gasteiger charge is 2.31. The lowest BCUT2D eigenvalue weighted by atomic mass is 10.2. The van der Waals surface area contributed by atoms with Gasteiger partial charge in [0.25, 0.3) is 5.56 Å². The average Bonchev–Trinajstić information content (AvgIpc) is 2.43. The zero-order valence-corrected chi connectivity index (χ0v) is 13.0. The van der Waals surface area contributed by atoms with Crippen molar-refractivity contribution < 1.29 is 17.9 Å². The summed E-state index contributed by atoms with van der Waals surface area (Å²) in [5.41, 5.74) is 0.494. The van der Waals surface area contributed by atoms with Gasteiger partial charge in [0.1, 0.15) is 10.8 Å². The fraction of sp³-hybridized carbons (Fsp3) is 0.286. The number of benzene rings is 1. The normalized spacial score (nSPS) is 11.4. The summed E-state index contributed by atoms with van der Waals surface area (Å²) in [5.74, 6) is -0.309. The zero-order valence-electron chi connectivity index (χ0n) is 12.3. The first-order valence-electron chi connectivity index (χ1n) is 6.45. The van der Waals surface area contributed by atoms with Crippen molar-refractivity contribution in [2.24, 2.45) is 7.05 Å². The van der Waals surface area contributed by atoms with Crippen LogP contribution in [0.25, 0.3) is 0 Å². The summed E-state index contributed by atoms with van der Waals surface area (Å²) in [6.45, 7) is 0.226. The number of alkyl halides is 3. The SMILES string of the molecule is CN(Cc1cccc(OC(F)(F)F)c1)c1cnn(C)c(=O)c1Cl. The number of aromatic nitrogens is 2. The van der Waals surface area contributed by atoms with Crippen LogP contribution in [-0.2, 0) is 13.6 Å². The molecule has 0 unspecified atom stereocenters. The van der Waals surface area contributed by atoms with Crippen molar-refractivity contribution in [1.82, 2.24) is 9.78 Å². The van der Waals surface area contributed by atoms with Gasteiger partial charge in [-0.2, -0.15) is 5.10 Å². The van der Waals surface area contributed by atoms with Crippen LogP contribution in [-0.4, -0.2) is 23.2 Å². The molecule has 2 rings (SSSR count). The molecule has 1 aromatic carbocycles. The molecule has 0 fully saturated rings. The minimum atomic E-state index is -4.75. The van der Waals surface area contributed by atoms with Gasteiger partial charge in [0, 0.05) is 20.6 Å². The quantitative estimate of drug-likeness (QED) is 0.853. The molecule has 1 aromatic heterocycles. The third-order valence-corrected chi connectivity index (χ3v) is 3.38. The lowest BCUT2D eigenvalue weighted by molar-refractivity contribution is -0.274. The van der Waals surface area contributed by atoms with E-state index in [4.69, 9.17) is 11.6 Å². The van der Waals surface area contributed by atoms with Gasteiger partial charge < -0.3 is 9.64 Å². The molecule has 0 aliphatic rings. The van der Waals surface area contributed by atoms with E-state index in [1.165, 1.54) is 31.4 Å². The molecule has 0 saturated heterocycles. The Morgan fingerprint density at radius 1 is 1.39 bits per heavy atom. The van der Waals surface area contributed by atoms with Crippen LogP contribution in [0.5, 0.6) is 5.75 Å². The predicted octanol–water partition coefficient (Wildman–Crippen LogP) is 2.97. The van der Waals surface area contributed by atoms with Crippen molar-refractivity contribution in [2.75, 3.05) is 11.9 Å². The molecular weight excluding hydrogens is 335 g/mol. The van der Waals surface area contributed by atoms with E-state index >= 15 is 0 Å². The smallest absolute Gasteiger partial charge is 0.406 e. The number of aryl methyl sites for hydroxylation is 1. The zero-order chi connectivity index (χ0) is 17.2. The molecule has 124 valence electrons. The average molecular weight is 348 g/mol. The van der Waals surface area contributed by atoms with E-state index in [0.29, 0.717) is 11.3 Å². The summed E-state index contributed by atoms with van der Waals surface area (Å²) in [5, 5.41) is 3.87. The molecule has 1 heterocycles. The van der Waals surface area contributed by atoms with Crippen LogP contribution in [0.15, 0.2) is 35.3 Å². The maximum atomic E-state index is 12.2. The number of hydrogen-bond acceptors (Lipinski definition) is 4. The number of halogens is 4. The van der Waals surface area contributed by atoms with Crippen molar-refractivity contribution in [3.8, 4) is 5.75 Å². The Balaban J connectivity index is 2.21. The van der Waals surface area contributed by atoms with Gasteiger partial charge in [0.05, 0.1) is 11.9 Å². The van der Waals surface area contributed by atoms with Crippen molar-refractivity contribution >= 4 is 17.3 Å². The highest BCUT2D eigenvalue weighted by molar-refractivity contribution is 6.32. The maximum Gasteiger partial charge on any atom is 0.573 e. The van der Waals surface area contributed by atoms with Crippen LogP contribution in [0.3, 0.4) is 0 Å². The largest absolute Gasteiger partial charge is 0.573 e. The van der Waals surface area contributed by atoms with E-state index in [0.717, 1.165) is 4.68 Å². The topological polar surface area (TPSA) is 47.4 Å². The Morgan fingerprint density at radius 3 is 2.74 bits per heavy atom. The van der Waals surface area contributed by atoms with Crippen molar-refractivity contribution in [3.63, 3.8) is 0 Å². The van der Waals surface area contributed by atoms with Crippen LogP contribution in [0.4, 0.5) is 18.9 Å². The number of anilines is 1. The Bertz CT molecular complexity index is 762. The van der Waals surface area contributed by atoms with Gasteiger partial charge in [-0.3, -0.25) is 4.79 Å². The Kier molecular flexibility index (Phi) is 4.84. The summed E-state index contributed by atoms with van der Waals surface area (Å²) in [6, 6.07) is 5.58. The third-order valence-electron chi connectivity index (χ3n) is 3.02. The number of rotatable bonds is 4. The monoisotopic (exact) mass is 347 g/mol. The van der Waals surface area contributed by atoms with Gasteiger partial charge in [-0.1, -0.05) is 23.7 Å². The van der Waals surface area contributed by atoms with Gasteiger partial charge in [-0.15, -0.1) is 13.2 Å². The maximum absolute atomic E-state index is 12.2. The highest BCUT2D eigenvalue weighted by atomic mass is 35.5. The molecule has 0 spiro atoms. The molecule has 23 heavy (non-hydrogen) atoms. The third kappa shape index (κ3) is 4.38. The molecule has 2 aromatic rings. The molecule has 0 radical (unpaired) electrons. The van der Waals surface area contributed by atoms with E-state index in [1.807, 2.05) is 0 Å². The molecule has 0 aliphatic heterocycles. The van der Waals surface area contributed by atoms with Gasteiger partial charge in [-0.25, -0.2) is 4.68 Å². The summed E-state index contributed by atoms with van der Waals surface area (Å²) in [6.07, 6.45) is -3.33. The first-order chi connectivity index (χ1) is 10.7. The minimum Gasteiger partial charge on any atom is -0.406 e. The summed E-state index contributed by atoms with van der Waals surface area (Å²) in [4.78, 5) is 13.4. The molecular formula is C14H13ClF3N3O2. The molecule has 0 amide bonds. The van der Waals surface area contributed by atoms with Crippen LogP contribution < -0.4 is 15.2 Å². The van der Waals surface area contributed by atoms with Gasteiger partial charge in [0.15, 0.2) is 0 Å². The summed E-state index contributed by atoms with van der Waals surface area (Å²) >= 11 is 5.99. The van der Waals surface area contributed by atoms with E-state index in [-0.39, 0.29) is 17.3 Å². The lowest BCUT2D eigenvalue weighted by Gasteiger charge is -2.20. The van der Waals surface area contributed by atoms with Crippen LogP contribution in [0.1, 0.15) is 5.56 Å². The first-order valence-corrected chi connectivity index (χ1v) is 6.83. The number of hydrogen-bond donors (Lipinski definition) is 0. The van der Waals surface area contributed by atoms with Crippen molar-refractivity contribution in [1.29, 1.82) is 0 Å². The van der Waals surface area contributed by atoms with Crippen molar-refractivity contribution in [2.45, 2.75) is 12.9 Å². The summed E-state index contributed by atoms with van der Waals surface area (Å²) in [7, 11) is 3.12. The van der Waals surface area contributed by atoms with E-state index in [9.17, 15) is 18.0 Å². The first kappa shape index (κ1) is 17.1. The standard InChI is InChI=1S/C14H13ClF3N3O2/c1-20(11-7-19-21(2)13(22)12(11)15)8-9-4-3-5-10(6-9)23-14(16,17)18/h3-7H,8H2,1-2H3. The lowest BCUT2D eigenvalue weighted by Crippen LogP contribution is -2.25. The second kappa shape index (κ2) is 6.49. The fourth-order valence-corrected chi connectivity index (χ4v) is 2.28. The molecule has 0 atom stereocenters. The van der Waals surface area contributed by atoms with E-state index in [2.05, 4.69) is 9.84 Å². The Morgan fingerprint density at radius 2 is 2.09 bits per heavy atom. The molecule has 0 saturated carbocycles. The molecule has 5 nitrogen and oxygen atoms in total. The van der Waals surface area contributed by atoms with Crippen LogP contribution >= 0.6 is 11.6 Å². The molecule has 0 aliphatic carbocycles. The second-order valence-corrected chi connectivity index (χ2v) is 5.20. The Labute approximate surface area is 134 Å². The van der Waals surface area contributed by atoms with E-state index in [1.54, 1.807) is 18.0 Å². The van der Waals surface area contributed by atoms with Crippen molar-refractivity contribution in [3.05, 3.63) is 51.4 Å². The fourth-order valence-electron chi connectivity index (χ4n) is 1.97. The van der Waals surface area contributed by atoms with Crippen LogP contribution in [0.2, 0.25) is 5.02 Å². The second-order valence-electron chi connectivity index (χ2n) is 4.82. The summed E-state index contributed by atoms with van der Waals surface area (Å²) < 4.78 is 41.7.